The molecule has 0 aromatic carbocycles. The molecule has 1 aliphatic carbocycles. The molecule has 4 N–H and O–H groups in total. The average molecular weight is 457 g/mol. The summed E-state index contributed by atoms with van der Waals surface area (Å²) >= 11 is 0. The van der Waals surface area contributed by atoms with E-state index in [9.17, 15) is 0 Å². The van der Waals surface area contributed by atoms with Gasteiger partial charge in [-0.25, -0.2) is 0 Å². The van der Waals surface area contributed by atoms with Gasteiger partial charge < -0.3 is 27.2 Å². The third-order valence-corrected chi connectivity index (χ3v) is 3.06. The van der Waals surface area contributed by atoms with Crippen LogP contribution in [0.1, 0.15) is 65.2 Å². The Labute approximate surface area is 188 Å². The van der Waals surface area contributed by atoms with Gasteiger partial charge in [0.1, 0.15) is 22.8 Å². The van der Waals surface area contributed by atoms with Crippen molar-refractivity contribution in [3.8, 4) is 0 Å². The number of hydrogen-bond acceptors (Lipinski definition) is 9. The van der Waals surface area contributed by atoms with Gasteiger partial charge in [-0.2, -0.15) is 12.7 Å². The zero-order valence-electron chi connectivity index (χ0n) is 20.9. The van der Waals surface area contributed by atoms with Crippen molar-refractivity contribution in [2.45, 2.75) is 59.7 Å². The molecule has 2 rings (SSSR count). The Balaban J connectivity index is -0.000000365. The summed E-state index contributed by atoms with van der Waals surface area (Å²) in [4.78, 5) is 3.78. The summed E-state index contributed by atoms with van der Waals surface area (Å²) in [5, 5.41) is 43.3. The van der Waals surface area contributed by atoms with Crippen LogP contribution in [0.25, 0.3) is 0 Å². The second-order valence-corrected chi connectivity index (χ2v) is 5.17. The van der Waals surface area contributed by atoms with Crippen LogP contribution >= 0.6 is 0 Å². The number of aromatic nitrogens is 1. The molecule has 1 aromatic heterocycles. The van der Waals surface area contributed by atoms with Crippen LogP contribution in [0.3, 0.4) is 0 Å². The van der Waals surface area contributed by atoms with Crippen molar-refractivity contribution in [2.75, 3.05) is 0 Å². The summed E-state index contributed by atoms with van der Waals surface area (Å²) in [5.74, 6) is 0. The first-order chi connectivity index (χ1) is 14.9. The fourth-order valence-corrected chi connectivity index (χ4v) is 1.11. The van der Waals surface area contributed by atoms with Gasteiger partial charge in [-0.15, -0.1) is 0 Å². The van der Waals surface area contributed by atoms with Gasteiger partial charge in [0.25, 0.3) is 0 Å². The van der Waals surface area contributed by atoms with E-state index in [-0.39, 0.29) is 16.8 Å². The van der Waals surface area contributed by atoms with Crippen LogP contribution in [-0.4, -0.2) is 48.7 Å². The van der Waals surface area contributed by atoms with Crippen molar-refractivity contribution in [3.05, 3.63) is 37.0 Å². The second kappa shape index (κ2) is 23.6. The van der Waals surface area contributed by atoms with Gasteiger partial charge in [0.05, 0.1) is 0 Å². The standard InChI is InChI=1S/C6H11.C5H5N.2C4H8N2O2.Co/c2*1-2-4-6-5-3-1;2*1-3(5-7)4(2)6-8;/h1H,2-6H2;1-5H;2*7-8H,1-2H3;/q-1;;;;/b;;2*5-3-,6-4+;/i2D2,3D2;;;;. The minimum atomic E-state index is -1.39. The van der Waals surface area contributed by atoms with E-state index in [2.05, 4.69) is 25.6 Å². The molecule has 0 aliphatic heterocycles. The van der Waals surface area contributed by atoms with Gasteiger partial charge >= 0.3 is 0 Å². The Hall–Kier alpha value is -2.46. The summed E-state index contributed by atoms with van der Waals surface area (Å²) in [6, 6.07) is 5.72. The maximum Gasteiger partial charge on any atom is 0.101 e. The second-order valence-electron chi connectivity index (χ2n) is 5.17. The van der Waals surface area contributed by atoms with Crippen molar-refractivity contribution < 1.29 is 43.1 Å². The third-order valence-electron chi connectivity index (χ3n) is 3.06. The van der Waals surface area contributed by atoms with E-state index >= 15 is 0 Å². The van der Waals surface area contributed by atoms with Crippen molar-refractivity contribution in [1.82, 2.24) is 4.98 Å². The van der Waals surface area contributed by atoms with Crippen LogP contribution in [-0.2, 0) is 16.8 Å². The molecule has 29 heavy (non-hydrogen) atoms. The largest absolute Gasteiger partial charge is 0.411 e. The molecule has 0 unspecified atom stereocenters. The summed E-state index contributed by atoms with van der Waals surface area (Å²) in [6.07, 6.45) is 3.49. The van der Waals surface area contributed by atoms with Crippen LogP contribution in [0.5, 0.6) is 0 Å². The summed E-state index contributed by atoms with van der Waals surface area (Å²) in [6.45, 7) is 6.15. The topological polar surface area (TPSA) is 143 Å². The first kappa shape index (κ1) is 22.8. The molecule has 167 valence electrons. The van der Waals surface area contributed by atoms with Crippen LogP contribution < -0.4 is 0 Å². The first-order valence-electron chi connectivity index (χ1n) is 10.3. The fourth-order valence-electron chi connectivity index (χ4n) is 1.11. The molecule has 1 radical (unpaired) electrons. The minimum absolute atomic E-state index is 0. The maximum absolute atomic E-state index is 8.03. The van der Waals surface area contributed by atoms with Crippen molar-refractivity contribution in [3.63, 3.8) is 0 Å². The van der Waals surface area contributed by atoms with E-state index in [1.54, 1.807) is 12.4 Å². The molecule has 1 saturated carbocycles. The van der Waals surface area contributed by atoms with Gasteiger partial charge in [-0.3, -0.25) is 4.98 Å². The molecule has 0 amide bonds. The predicted octanol–water partition coefficient (Wildman–Crippen LogP) is 4.61. The average Bonchev–Trinajstić information content (AvgIpc) is 2.77. The Bertz CT molecular complexity index is 659. The zero-order valence-corrected chi connectivity index (χ0v) is 18.0. The van der Waals surface area contributed by atoms with Crippen molar-refractivity contribution in [1.29, 1.82) is 0 Å². The van der Waals surface area contributed by atoms with Gasteiger partial charge in [0.15, 0.2) is 0 Å². The third kappa shape index (κ3) is 21.7. The molecule has 0 spiro atoms. The molecule has 9 nitrogen and oxygen atoms in total. The summed E-state index contributed by atoms with van der Waals surface area (Å²) in [5.41, 5.74) is 1.25. The molecule has 10 heteroatoms. The monoisotopic (exact) mass is 457 g/mol. The smallest absolute Gasteiger partial charge is 0.101 e. The molecule has 1 heterocycles. The predicted molar refractivity (Wildman–Crippen MR) is 111 cm³/mol. The molecule has 0 bridgehead atoms. The van der Waals surface area contributed by atoms with Crippen LogP contribution in [0.4, 0.5) is 0 Å². The number of hydrogen-bond donors (Lipinski definition) is 4. The number of nitrogens with zero attached hydrogens (tertiary/aromatic N) is 5. The number of oxime groups is 4. The minimum Gasteiger partial charge on any atom is -0.411 e. The summed E-state index contributed by atoms with van der Waals surface area (Å²) in [7, 11) is 0. The Kier molecular flexibility index (Phi) is 18.6. The first-order valence-corrected chi connectivity index (χ1v) is 8.33. The van der Waals surface area contributed by atoms with Crippen LogP contribution in [0, 0.1) is 6.42 Å². The normalized spacial score (nSPS) is 20.0. The maximum atomic E-state index is 8.03. The van der Waals surface area contributed by atoms with E-state index in [1.807, 2.05) is 18.2 Å². The molecular formula is C19H32CoN5O4-. The summed E-state index contributed by atoms with van der Waals surface area (Å²) < 4.78 is 29.0. The molecule has 1 aromatic rings. The Morgan fingerprint density at radius 1 is 0.724 bits per heavy atom. The fraction of sp³-hybridized carbons (Fsp3) is 0.474. The van der Waals surface area contributed by atoms with E-state index in [0.717, 1.165) is 0 Å². The molecular weight excluding hydrogens is 421 g/mol. The number of pyridine rings is 1. The van der Waals surface area contributed by atoms with Crippen molar-refractivity contribution in [2.24, 2.45) is 20.6 Å². The van der Waals surface area contributed by atoms with Gasteiger partial charge in [0.2, 0.25) is 0 Å². The quantitative estimate of drug-likeness (QED) is 0.222. The van der Waals surface area contributed by atoms with E-state index in [1.165, 1.54) is 34.1 Å². The Morgan fingerprint density at radius 3 is 1.21 bits per heavy atom. The van der Waals surface area contributed by atoms with E-state index in [4.69, 9.17) is 26.3 Å². The van der Waals surface area contributed by atoms with Crippen molar-refractivity contribution >= 4 is 22.8 Å². The van der Waals surface area contributed by atoms with E-state index in [0.29, 0.717) is 42.1 Å². The van der Waals surface area contributed by atoms with Gasteiger partial charge in [-0.05, 0) is 45.3 Å². The Morgan fingerprint density at radius 2 is 1.07 bits per heavy atom. The number of rotatable bonds is 2. The molecule has 1 fully saturated rings. The molecule has 0 atom stereocenters. The van der Waals surface area contributed by atoms with Crippen LogP contribution in [0.2, 0.25) is 0 Å². The molecule has 1 aliphatic rings. The van der Waals surface area contributed by atoms with Crippen LogP contribution in [0.15, 0.2) is 51.2 Å². The SMILES string of the molecule is CC(=N/O)/C(C)=N/O.CC(=N/O)/C(C)=N/O.[2H]C1([2H])[CH-]C([2H])([2H])CCC1.[Co].c1ccncc1. The zero-order chi connectivity index (χ0) is 25.2. The van der Waals surface area contributed by atoms with Gasteiger partial charge in [-0.1, -0.05) is 46.0 Å². The van der Waals surface area contributed by atoms with Gasteiger partial charge in [0, 0.05) is 29.2 Å². The van der Waals surface area contributed by atoms with E-state index < -0.39 is 12.7 Å². The molecule has 0 saturated heterocycles.